The summed E-state index contributed by atoms with van der Waals surface area (Å²) in [6, 6.07) is 8.11. The number of nitrogens with zero attached hydrogens (tertiary/aromatic N) is 3. The van der Waals surface area contributed by atoms with Gasteiger partial charge in [-0.25, -0.2) is 9.97 Å². The van der Waals surface area contributed by atoms with E-state index in [1.807, 2.05) is 30.5 Å². The van der Waals surface area contributed by atoms with Crippen molar-refractivity contribution in [3.05, 3.63) is 41.3 Å². The van der Waals surface area contributed by atoms with Gasteiger partial charge < -0.3 is 15.3 Å². The summed E-state index contributed by atoms with van der Waals surface area (Å²) in [5.41, 5.74) is 1.77. The molecule has 2 saturated heterocycles. The maximum atomic E-state index is 11.8. The van der Waals surface area contributed by atoms with Crippen LogP contribution >= 0.6 is 15.9 Å². The maximum absolute atomic E-state index is 11.8. The number of piperidine rings is 2. The molecule has 2 aliphatic heterocycles. The second-order valence-corrected chi connectivity index (χ2v) is 8.03. The topological polar surface area (TPSA) is 78.4 Å². The molecule has 1 atom stereocenters. The van der Waals surface area contributed by atoms with Crippen LogP contribution in [0, 0.1) is 5.41 Å². The Morgan fingerprint density at radius 3 is 2.69 bits per heavy atom. The second-order valence-electron chi connectivity index (χ2n) is 7.11. The first-order valence-corrected chi connectivity index (χ1v) is 9.62. The van der Waals surface area contributed by atoms with Gasteiger partial charge in [0.1, 0.15) is 12.1 Å². The highest BCUT2D eigenvalue weighted by Gasteiger charge is 2.45. The largest absolute Gasteiger partial charge is 0.391 e. The van der Waals surface area contributed by atoms with Gasteiger partial charge in [0, 0.05) is 47.7 Å². The van der Waals surface area contributed by atoms with Gasteiger partial charge in [-0.2, -0.15) is 0 Å². The van der Waals surface area contributed by atoms with E-state index in [-0.39, 0.29) is 11.3 Å². The van der Waals surface area contributed by atoms with Gasteiger partial charge >= 0.3 is 0 Å². The van der Waals surface area contributed by atoms with E-state index in [4.69, 9.17) is 0 Å². The molecular weight excluding hydrogens is 396 g/mol. The van der Waals surface area contributed by atoms with Crippen LogP contribution in [0.15, 0.2) is 41.3 Å². The Morgan fingerprint density at radius 2 is 1.96 bits per heavy atom. The van der Waals surface area contributed by atoms with Crippen LogP contribution in [0.5, 0.6) is 0 Å². The van der Waals surface area contributed by atoms with E-state index in [2.05, 4.69) is 36.1 Å². The van der Waals surface area contributed by atoms with Crippen molar-refractivity contribution in [3.8, 4) is 11.1 Å². The monoisotopic (exact) mass is 416 g/mol. The van der Waals surface area contributed by atoms with Crippen molar-refractivity contribution >= 4 is 27.7 Å². The summed E-state index contributed by atoms with van der Waals surface area (Å²) in [5.74, 6) is 0.952. The molecule has 1 amide bonds. The molecule has 1 unspecified atom stereocenters. The van der Waals surface area contributed by atoms with Crippen molar-refractivity contribution in [1.29, 1.82) is 0 Å². The maximum Gasteiger partial charge on any atom is 0.220 e. The van der Waals surface area contributed by atoms with E-state index >= 15 is 0 Å². The van der Waals surface area contributed by atoms with E-state index in [1.165, 1.54) is 0 Å². The van der Waals surface area contributed by atoms with Crippen LogP contribution < -0.4 is 10.2 Å². The van der Waals surface area contributed by atoms with Crippen LogP contribution in [0.2, 0.25) is 0 Å². The fourth-order valence-electron chi connectivity index (χ4n) is 4.01. The Bertz CT molecular complexity index is 803. The third kappa shape index (κ3) is 3.21. The minimum Gasteiger partial charge on any atom is -0.391 e. The van der Waals surface area contributed by atoms with Crippen molar-refractivity contribution in [2.24, 2.45) is 5.41 Å². The molecule has 6 nitrogen and oxygen atoms in total. The van der Waals surface area contributed by atoms with E-state index < -0.39 is 6.10 Å². The van der Waals surface area contributed by atoms with Gasteiger partial charge in [0.15, 0.2) is 0 Å². The highest BCUT2D eigenvalue weighted by atomic mass is 79.9. The van der Waals surface area contributed by atoms with E-state index in [1.54, 1.807) is 6.33 Å². The van der Waals surface area contributed by atoms with Gasteiger partial charge in [0.2, 0.25) is 5.91 Å². The van der Waals surface area contributed by atoms with Gasteiger partial charge in [0.25, 0.3) is 0 Å². The molecule has 1 aromatic carbocycles. The van der Waals surface area contributed by atoms with Crippen LogP contribution in [0.4, 0.5) is 5.82 Å². The predicted molar refractivity (Wildman–Crippen MR) is 103 cm³/mol. The van der Waals surface area contributed by atoms with Crippen LogP contribution in [0.3, 0.4) is 0 Å². The van der Waals surface area contributed by atoms with Gasteiger partial charge in [-0.1, -0.05) is 28.1 Å². The molecule has 3 heterocycles. The van der Waals surface area contributed by atoms with Gasteiger partial charge in [-0.05, 0) is 30.5 Å². The zero-order valence-electron chi connectivity index (χ0n) is 14.4. The van der Waals surface area contributed by atoms with Crippen LogP contribution in [-0.2, 0) is 4.79 Å². The predicted octanol–water partition coefficient (Wildman–Crippen LogP) is 2.37. The highest BCUT2D eigenvalue weighted by molar-refractivity contribution is 9.10. The number of carbonyl (C=O) groups is 1. The summed E-state index contributed by atoms with van der Waals surface area (Å²) in [6.45, 7) is 1.90. The molecule has 1 aromatic heterocycles. The molecule has 0 aliphatic carbocycles. The van der Waals surface area contributed by atoms with E-state index in [9.17, 15) is 9.90 Å². The number of rotatable bonds is 2. The summed E-state index contributed by atoms with van der Waals surface area (Å²) in [6.07, 6.45) is 4.92. The second kappa shape index (κ2) is 6.96. The number of nitrogens with one attached hydrogen (secondary N) is 1. The lowest BCUT2D eigenvalue weighted by Gasteiger charge is -2.47. The lowest BCUT2D eigenvalue weighted by atomic mass is 9.69. The van der Waals surface area contributed by atoms with Crippen LogP contribution in [0.25, 0.3) is 11.1 Å². The number of aliphatic hydroxyl groups excluding tert-OH is 1. The Kier molecular flexibility index (Phi) is 4.67. The van der Waals surface area contributed by atoms with Crippen molar-refractivity contribution in [2.75, 3.05) is 24.5 Å². The average molecular weight is 417 g/mol. The standard InChI is InChI=1S/C19H21BrN4O2/c20-14-3-1-13(2-4-14)15-10-21-12-23-18(15)24-7-5-19(6-8-24)9-17(26)22-11-16(19)25/h1-4,10,12,16,25H,5-9,11H2,(H,22,26). The molecule has 2 fully saturated rings. The minimum atomic E-state index is -0.473. The molecule has 0 radical (unpaired) electrons. The number of hydrogen-bond acceptors (Lipinski definition) is 5. The first-order chi connectivity index (χ1) is 12.6. The summed E-state index contributed by atoms with van der Waals surface area (Å²) >= 11 is 3.47. The molecular formula is C19H21BrN4O2. The lowest BCUT2D eigenvalue weighted by molar-refractivity contribution is -0.132. The smallest absolute Gasteiger partial charge is 0.220 e. The Labute approximate surface area is 160 Å². The number of carbonyl (C=O) groups excluding carboxylic acids is 1. The van der Waals surface area contributed by atoms with Crippen LogP contribution in [0.1, 0.15) is 19.3 Å². The van der Waals surface area contributed by atoms with Crippen molar-refractivity contribution in [2.45, 2.75) is 25.4 Å². The third-order valence-electron chi connectivity index (χ3n) is 5.62. The minimum absolute atomic E-state index is 0.0429. The lowest BCUT2D eigenvalue weighted by Crippen LogP contribution is -2.56. The molecule has 1 spiro atoms. The molecule has 2 N–H and O–H groups in total. The number of hydrogen-bond donors (Lipinski definition) is 2. The average Bonchev–Trinajstić information content (AvgIpc) is 2.66. The summed E-state index contributed by atoms with van der Waals surface area (Å²) in [5, 5.41) is 13.2. The zero-order chi connectivity index (χ0) is 18.1. The van der Waals surface area contributed by atoms with Crippen molar-refractivity contribution < 1.29 is 9.90 Å². The number of aliphatic hydroxyl groups is 1. The van der Waals surface area contributed by atoms with Crippen molar-refractivity contribution in [1.82, 2.24) is 15.3 Å². The summed E-state index contributed by atoms with van der Waals surface area (Å²) < 4.78 is 1.03. The molecule has 4 rings (SSSR count). The first-order valence-electron chi connectivity index (χ1n) is 8.83. The van der Waals surface area contributed by atoms with E-state index in [0.29, 0.717) is 13.0 Å². The number of β-amino-alcohol motifs (C(OH)–C–C–N with tert-alkyl or cyclic N) is 1. The van der Waals surface area contributed by atoms with Crippen LogP contribution in [-0.4, -0.2) is 46.7 Å². The molecule has 2 aromatic rings. The number of benzene rings is 1. The fraction of sp³-hybridized carbons (Fsp3) is 0.421. The normalized spacial score (nSPS) is 22.3. The van der Waals surface area contributed by atoms with Gasteiger partial charge in [0.05, 0.1) is 6.10 Å². The molecule has 2 aliphatic rings. The SMILES string of the molecule is O=C1CC2(CCN(c3ncncc3-c3ccc(Br)cc3)CC2)C(O)CN1. The molecule has 0 saturated carbocycles. The van der Waals surface area contributed by atoms with Gasteiger partial charge in [-0.15, -0.1) is 0 Å². The number of halogens is 1. The summed E-state index contributed by atoms with van der Waals surface area (Å²) in [7, 11) is 0. The number of anilines is 1. The molecule has 136 valence electrons. The fourth-order valence-corrected chi connectivity index (χ4v) is 4.27. The Hall–Kier alpha value is -1.99. The zero-order valence-corrected chi connectivity index (χ0v) is 15.9. The molecule has 26 heavy (non-hydrogen) atoms. The first kappa shape index (κ1) is 17.4. The Balaban J connectivity index is 1.57. The van der Waals surface area contributed by atoms with Crippen molar-refractivity contribution in [3.63, 3.8) is 0 Å². The highest BCUT2D eigenvalue weighted by Crippen LogP contribution is 2.42. The number of amides is 1. The Morgan fingerprint density at radius 1 is 1.23 bits per heavy atom. The van der Waals surface area contributed by atoms with E-state index in [0.717, 1.165) is 47.3 Å². The summed E-state index contributed by atoms with van der Waals surface area (Å²) in [4.78, 5) is 22.8. The third-order valence-corrected chi connectivity index (χ3v) is 6.15. The molecule has 7 heteroatoms. The van der Waals surface area contributed by atoms with Gasteiger partial charge in [-0.3, -0.25) is 4.79 Å². The molecule has 0 bridgehead atoms. The number of aromatic nitrogens is 2. The quantitative estimate of drug-likeness (QED) is 0.785.